The summed E-state index contributed by atoms with van der Waals surface area (Å²) in [6.45, 7) is 16.2. The van der Waals surface area contributed by atoms with Gasteiger partial charge >= 0.3 is 0 Å². The molecule has 0 atom stereocenters. The topological polar surface area (TPSA) is 95.6 Å². The van der Waals surface area contributed by atoms with Crippen molar-refractivity contribution in [3.63, 3.8) is 0 Å². The molecule has 2 aromatic rings. The van der Waals surface area contributed by atoms with E-state index in [0.29, 0.717) is 12.1 Å². The largest absolute Gasteiger partial charge is 0.349 e. The van der Waals surface area contributed by atoms with Crippen LogP contribution in [0.25, 0.3) is 0 Å². The average molecular weight is 512 g/mol. The Kier molecular flexibility index (Phi) is 7.81. The Hall–Kier alpha value is -2.97. The number of rotatable bonds is 7. The molecule has 2 aromatic carbocycles. The second-order valence-electron chi connectivity index (χ2n) is 11.1. The first-order chi connectivity index (χ1) is 16.7. The number of hydrogen-bond donors (Lipinski definition) is 2. The normalized spacial score (nSPS) is 17.8. The van der Waals surface area contributed by atoms with E-state index in [9.17, 15) is 18.0 Å². The molecule has 1 aliphatic rings. The van der Waals surface area contributed by atoms with Crippen LogP contribution in [0.15, 0.2) is 60.0 Å². The second kappa shape index (κ2) is 10.2. The maximum atomic E-state index is 13.5. The van der Waals surface area contributed by atoms with Crippen LogP contribution in [0.1, 0.15) is 54.7 Å². The number of nitrogens with zero attached hydrogens (tertiary/aromatic N) is 1. The lowest BCUT2D eigenvalue weighted by atomic mass is 9.67. The zero-order valence-electron chi connectivity index (χ0n) is 22.0. The SMILES string of the molecule is C=CC(=O)NC1C(C)(C)CN(S(=O)(=O)c2ccc(C(=O)NCc3cc(C)cc(C)c3)cc2)CC1(C)C. The van der Waals surface area contributed by atoms with E-state index in [0.717, 1.165) is 16.7 Å². The molecule has 1 saturated heterocycles. The molecule has 2 N–H and O–H groups in total. The number of sulfonamides is 1. The number of aryl methyl sites for hydroxylation is 2. The maximum Gasteiger partial charge on any atom is 0.251 e. The van der Waals surface area contributed by atoms with Crippen LogP contribution in [0.3, 0.4) is 0 Å². The smallest absolute Gasteiger partial charge is 0.251 e. The van der Waals surface area contributed by atoms with E-state index in [1.165, 1.54) is 34.6 Å². The number of piperidine rings is 1. The molecule has 0 spiro atoms. The van der Waals surface area contributed by atoms with Gasteiger partial charge in [-0.3, -0.25) is 9.59 Å². The molecule has 1 heterocycles. The molecule has 0 unspecified atom stereocenters. The molecule has 1 aliphatic heterocycles. The Balaban J connectivity index is 1.74. The van der Waals surface area contributed by atoms with Gasteiger partial charge in [0.15, 0.2) is 0 Å². The van der Waals surface area contributed by atoms with Crippen LogP contribution in [-0.4, -0.2) is 43.7 Å². The highest BCUT2D eigenvalue weighted by Gasteiger charge is 2.50. The van der Waals surface area contributed by atoms with Gasteiger partial charge in [-0.15, -0.1) is 0 Å². The van der Waals surface area contributed by atoms with Crippen molar-refractivity contribution in [3.8, 4) is 0 Å². The molecular formula is C28H37N3O4S. The summed E-state index contributed by atoms with van der Waals surface area (Å²) in [5.74, 6) is -0.539. The van der Waals surface area contributed by atoms with Crippen molar-refractivity contribution in [3.05, 3.63) is 77.4 Å². The molecule has 0 aliphatic carbocycles. The third kappa shape index (κ3) is 6.05. The second-order valence-corrected chi connectivity index (χ2v) is 13.0. The fourth-order valence-electron chi connectivity index (χ4n) is 5.35. The summed E-state index contributed by atoms with van der Waals surface area (Å²) in [6, 6.07) is 11.9. The predicted octanol–water partition coefficient (Wildman–Crippen LogP) is 3.96. The van der Waals surface area contributed by atoms with Crippen molar-refractivity contribution >= 4 is 21.8 Å². The van der Waals surface area contributed by atoms with Crippen molar-refractivity contribution in [2.24, 2.45) is 10.8 Å². The molecule has 7 nitrogen and oxygen atoms in total. The molecule has 2 amide bonds. The third-order valence-corrected chi connectivity index (χ3v) is 8.50. The van der Waals surface area contributed by atoms with E-state index in [4.69, 9.17) is 0 Å². The highest BCUT2D eigenvalue weighted by atomic mass is 32.2. The van der Waals surface area contributed by atoms with Crippen molar-refractivity contribution in [1.82, 2.24) is 14.9 Å². The highest BCUT2D eigenvalue weighted by molar-refractivity contribution is 7.89. The Morgan fingerprint density at radius 2 is 1.53 bits per heavy atom. The minimum atomic E-state index is -3.80. The number of nitrogens with one attached hydrogen (secondary N) is 2. The summed E-state index contributed by atoms with van der Waals surface area (Å²) in [7, 11) is -3.80. The van der Waals surface area contributed by atoms with Gasteiger partial charge in [0, 0.05) is 31.2 Å². The van der Waals surface area contributed by atoms with Gasteiger partial charge in [0.05, 0.1) is 4.90 Å². The summed E-state index contributed by atoms with van der Waals surface area (Å²) >= 11 is 0. The zero-order chi connectivity index (χ0) is 26.9. The molecular weight excluding hydrogens is 474 g/mol. The highest BCUT2D eigenvalue weighted by Crippen LogP contribution is 2.42. The van der Waals surface area contributed by atoms with Gasteiger partial charge in [-0.05, 0) is 60.6 Å². The molecule has 36 heavy (non-hydrogen) atoms. The van der Waals surface area contributed by atoms with Crippen molar-refractivity contribution in [1.29, 1.82) is 0 Å². The van der Waals surface area contributed by atoms with Gasteiger partial charge in [0.2, 0.25) is 15.9 Å². The van der Waals surface area contributed by atoms with Crippen molar-refractivity contribution in [2.75, 3.05) is 13.1 Å². The summed E-state index contributed by atoms with van der Waals surface area (Å²) < 4.78 is 28.5. The van der Waals surface area contributed by atoms with Gasteiger partial charge in [0.1, 0.15) is 0 Å². The van der Waals surface area contributed by atoms with Crippen molar-refractivity contribution in [2.45, 2.75) is 59.0 Å². The summed E-state index contributed by atoms with van der Waals surface area (Å²) in [6.07, 6.45) is 1.23. The quantitative estimate of drug-likeness (QED) is 0.550. The Labute approximate surface area is 215 Å². The lowest BCUT2D eigenvalue weighted by Crippen LogP contribution is -2.64. The monoisotopic (exact) mass is 511 g/mol. The average Bonchev–Trinajstić information content (AvgIpc) is 2.78. The first-order valence-electron chi connectivity index (χ1n) is 12.0. The Morgan fingerprint density at radius 1 is 1.00 bits per heavy atom. The Bertz CT molecular complexity index is 1230. The molecule has 1 fully saturated rings. The van der Waals surface area contributed by atoms with E-state index >= 15 is 0 Å². The number of benzene rings is 2. The Morgan fingerprint density at radius 3 is 2.03 bits per heavy atom. The van der Waals surface area contributed by atoms with Gasteiger partial charge in [-0.1, -0.05) is 63.6 Å². The lowest BCUT2D eigenvalue weighted by Gasteiger charge is -2.52. The fourth-order valence-corrected chi connectivity index (χ4v) is 7.13. The van der Waals surface area contributed by atoms with Crippen LogP contribution in [-0.2, 0) is 21.4 Å². The molecule has 0 radical (unpaired) electrons. The predicted molar refractivity (Wildman–Crippen MR) is 142 cm³/mol. The van der Waals surface area contributed by atoms with Gasteiger partial charge in [-0.2, -0.15) is 4.31 Å². The van der Waals surface area contributed by atoms with Crippen LogP contribution in [0.2, 0.25) is 0 Å². The van der Waals surface area contributed by atoms with Gasteiger partial charge in [-0.25, -0.2) is 8.42 Å². The van der Waals surface area contributed by atoms with Crippen molar-refractivity contribution < 1.29 is 18.0 Å². The third-order valence-electron chi connectivity index (χ3n) is 6.69. The molecule has 194 valence electrons. The molecule has 3 rings (SSSR count). The van der Waals surface area contributed by atoms with E-state index in [1.54, 1.807) is 0 Å². The van der Waals surface area contributed by atoms with Crippen LogP contribution < -0.4 is 10.6 Å². The number of hydrogen-bond acceptors (Lipinski definition) is 4. The first-order valence-corrected chi connectivity index (χ1v) is 13.5. The molecule has 8 heteroatoms. The summed E-state index contributed by atoms with van der Waals surface area (Å²) in [4.78, 5) is 24.8. The minimum absolute atomic E-state index is 0.133. The van der Waals surface area contributed by atoms with Crippen LogP contribution in [0.5, 0.6) is 0 Å². The maximum absolute atomic E-state index is 13.5. The van der Waals surface area contributed by atoms with Gasteiger partial charge < -0.3 is 10.6 Å². The number of carbonyl (C=O) groups excluding carboxylic acids is 2. The number of carbonyl (C=O) groups is 2. The molecule has 0 bridgehead atoms. The molecule has 0 aromatic heterocycles. The van der Waals surface area contributed by atoms with E-state index in [-0.39, 0.29) is 35.8 Å². The van der Waals surface area contributed by atoms with Crippen LogP contribution in [0, 0.1) is 24.7 Å². The zero-order valence-corrected chi connectivity index (χ0v) is 22.8. The van der Waals surface area contributed by atoms with E-state index in [1.807, 2.05) is 53.7 Å². The first kappa shape index (κ1) is 27.6. The number of amides is 2. The summed E-state index contributed by atoms with van der Waals surface area (Å²) in [5.41, 5.74) is 2.64. The van der Waals surface area contributed by atoms with Crippen LogP contribution >= 0.6 is 0 Å². The van der Waals surface area contributed by atoms with E-state index < -0.39 is 20.9 Å². The lowest BCUT2D eigenvalue weighted by molar-refractivity contribution is -0.120. The van der Waals surface area contributed by atoms with E-state index in [2.05, 4.69) is 23.3 Å². The molecule has 0 saturated carbocycles. The standard InChI is InChI=1S/C28H37N3O4S/c1-8-24(32)30-26-27(4,5)17-31(18-28(26,6)7)36(34,35)23-11-9-22(10-12-23)25(33)29-16-21-14-19(2)13-20(3)15-21/h8-15,26H,1,16-18H2,2-7H3,(H,29,33)(H,30,32). The van der Waals surface area contributed by atoms with Crippen LogP contribution in [0.4, 0.5) is 0 Å². The minimum Gasteiger partial charge on any atom is -0.349 e. The van der Waals surface area contributed by atoms with Gasteiger partial charge in [0.25, 0.3) is 5.91 Å². The fraction of sp³-hybridized carbons (Fsp3) is 0.429. The summed E-state index contributed by atoms with van der Waals surface area (Å²) in [5, 5.41) is 5.89.